The molecule has 6 atom stereocenters. The smallest absolute Gasteiger partial charge is 0.462 e. The SMILES string of the molecule is CCCCCCCCCCCCCCCCCCCCCCC(=O)O[C@H](COC(=O)CCCCCCCCCCCCCCCCCCCC)COP(=O)(O)OC[C@@H](O)COP(=O)(O)OC[C@@H](COC(=O)CCCCCCCCCCCCC)OC(=O)CCCCCCCCCCCCC(C)CC. The summed E-state index contributed by atoms with van der Waals surface area (Å²) in [6.07, 6.45) is 69.3. The molecular formula is C84H164O17P2. The molecule has 0 heterocycles. The lowest BCUT2D eigenvalue weighted by Crippen LogP contribution is -2.30. The number of hydrogen-bond acceptors (Lipinski definition) is 15. The molecule has 103 heavy (non-hydrogen) atoms. The van der Waals surface area contributed by atoms with Crippen molar-refractivity contribution >= 4 is 39.5 Å². The van der Waals surface area contributed by atoms with E-state index in [4.69, 9.17) is 37.0 Å². The van der Waals surface area contributed by atoms with Crippen LogP contribution in [-0.4, -0.2) is 96.7 Å². The van der Waals surface area contributed by atoms with E-state index in [9.17, 15) is 43.2 Å². The molecule has 0 spiro atoms. The number of aliphatic hydroxyl groups is 1. The predicted octanol–water partition coefficient (Wildman–Crippen LogP) is 25.6. The van der Waals surface area contributed by atoms with Crippen molar-refractivity contribution in [2.24, 2.45) is 5.92 Å². The van der Waals surface area contributed by atoms with Crippen LogP contribution in [0.25, 0.3) is 0 Å². The molecule has 0 rings (SSSR count). The van der Waals surface area contributed by atoms with E-state index in [0.29, 0.717) is 25.7 Å². The quantitative estimate of drug-likeness (QED) is 0.0222. The van der Waals surface area contributed by atoms with Crippen LogP contribution in [0.2, 0.25) is 0 Å². The first-order chi connectivity index (χ1) is 50.1. The van der Waals surface area contributed by atoms with E-state index in [1.54, 1.807) is 0 Å². The minimum absolute atomic E-state index is 0.107. The number of ether oxygens (including phenoxy) is 4. The van der Waals surface area contributed by atoms with E-state index in [2.05, 4.69) is 34.6 Å². The summed E-state index contributed by atoms with van der Waals surface area (Å²) in [6, 6.07) is 0. The number of carbonyl (C=O) groups is 4. The molecule has 17 nitrogen and oxygen atoms in total. The number of phosphoric ester groups is 2. The van der Waals surface area contributed by atoms with Gasteiger partial charge in [0.25, 0.3) is 0 Å². The summed E-state index contributed by atoms with van der Waals surface area (Å²) in [5.74, 6) is -1.30. The van der Waals surface area contributed by atoms with E-state index in [1.807, 2.05) is 0 Å². The van der Waals surface area contributed by atoms with Gasteiger partial charge in [-0.1, -0.05) is 401 Å². The van der Waals surface area contributed by atoms with Gasteiger partial charge in [0.15, 0.2) is 12.2 Å². The first-order valence-electron chi connectivity index (χ1n) is 43.7. The van der Waals surface area contributed by atoms with E-state index in [-0.39, 0.29) is 25.7 Å². The standard InChI is InChI=1S/C84H164O17P2/c1-6-10-13-16-19-22-25-27-29-31-33-34-36-38-40-43-49-54-59-64-69-83(88)100-79(74-95-82(87)68-63-58-53-48-42-39-37-35-32-30-28-26-23-20-17-14-11-7-2)75-98-102(90,91)96-71-78(85)72-97-103(92,93)99-76-80(73-94-81(86)67-62-57-52-47-41-24-21-18-15-12-8-3)101-84(89)70-65-60-55-50-45-44-46-51-56-61-66-77(5)9-4/h77-80,85H,6-76H2,1-5H3,(H,90,91)(H,92,93)/t77?,78-,79-,80-/m1/s1. The zero-order valence-corrected chi connectivity index (χ0v) is 69.3. The summed E-state index contributed by atoms with van der Waals surface area (Å²) in [5, 5.41) is 10.7. The van der Waals surface area contributed by atoms with Gasteiger partial charge in [0, 0.05) is 25.7 Å². The lowest BCUT2D eigenvalue weighted by Gasteiger charge is -2.21. The predicted molar refractivity (Wildman–Crippen MR) is 423 cm³/mol. The summed E-state index contributed by atoms with van der Waals surface area (Å²) >= 11 is 0. The van der Waals surface area contributed by atoms with Gasteiger partial charge in [0.1, 0.15) is 19.3 Å². The maximum atomic E-state index is 13.1. The summed E-state index contributed by atoms with van der Waals surface area (Å²) < 4.78 is 68.8. The number of unbranched alkanes of at least 4 members (excludes halogenated alkanes) is 55. The lowest BCUT2D eigenvalue weighted by atomic mass is 9.99. The summed E-state index contributed by atoms with van der Waals surface area (Å²) in [4.78, 5) is 73.1. The fourth-order valence-electron chi connectivity index (χ4n) is 13.1. The molecule has 0 radical (unpaired) electrons. The van der Waals surface area contributed by atoms with Crippen molar-refractivity contribution in [1.29, 1.82) is 0 Å². The van der Waals surface area contributed by atoms with Crippen LogP contribution in [0, 0.1) is 5.92 Å². The molecule has 0 fully saturated rings. The number of phosphoric acid groups is 2. The third kappa shape index (κ3) is 76.6. The van der Waals surface area contributed by atoms with Gasteiger partial charge in [0.05, 0.1) is 26.4 Å². The van der Waals surface area contributed by atoms with Crippen LogP contribution in [0.15, 0.2) is 0 Å². The minimum atomic E-state index is -4.96. The Morgan fingerprint density at radius 2 is 0.466 bits per heavy atom. The third-order valence-electron chi connectivity index (χ3n) is 20.1. The number of rotatable bonds is 84. The molecule has 0 saturated heterocycles. The van der Waals surface area contributed by atoms with Crippen molar-refractivity contribution in [2.45, 2.75) is 470 Å². The summed E-state index contributed by atoms with van der Waals surface area (Å²) in [7, 11) is -9.92. The Morgan fingerprint density at radius 1 is 0.272 bits per heavy atom. The van der Waals surface area contributed by atoms with Gasteiger partial charge in [-0.25, -0.2) is 9.13 Å². The molecule has 3 unspecified atom stereocenters. The fourth-order valence-corrected chi connectivity index (χ4v) is 14.7. The molecule has 0 aromatic rings. The topological polar surface area (TPSA) is 237 Å². The van der Waals surface area contributed by atoms with Crippen molar-refractivity contribution in [2.75, 3.05) is 39.6 Å². The second-order valence-corrected chi connectivity index (χ2v) is 33.4. The van der Waals surface area contributed by atoms with E-state index in [0.717, 1.165) is 95.8 Å². The highest BCUT2D eigenvalue weighted by Gasteiger charge is 2.30. The highest BCUT2D eigenvalue weighted by molar-refractivity contribution is 7.47. The van der Waals surface area contributed by atoms with E-state index >= 15 is 0 Å². The van der Waals surface area contributed by atoms with Crippen LogP contribution < -0.4 is 0 Å². The Balaban J connectivity index is 5.24. The maximum absolute atomic E-state index is 13.1. The number of hydrogen-bond donors (Lipinski definition) is 3. The van der Waals surface area contributed by atoms with Gasteiger partial charge in [-0.15, -0.1) is 0 Å². The molecular weight excluding hydrogens is 1340 g/mol. The third-order valence-corrected chi connectivity index (χ3v) is 22.0. The lowest BCUT2D eigenvalue weighted by molar-refractivity contribution is -0.161. The number of carbonyl (C=O) groups excluding carboxylic acids is 4. The van der Waals surface area contributed by atoms with Crippen molar-refractivity contribution in [1.82, 2.24) is 0 Å². The average molecular weight is 1510 g/mol. The number of esters is 4. The van der Waals surface area contributed by atoms with Crippen LogP contribution in [0.5, 0.6) is 0 Å². The van der Waals surface area contributed by atoms with Crippen LogP contribution in [-0.2, 0) is 65.4 Å². The zero-order valence-electron chi connectivity index (χ0n) is 67.5. The molecule has 0 aromatic carbocycles. The molecule has 612 valence electrons. The molecule has 0 aliphatic heterocycles. The maximum Gasteiger partial charge on any atom is 0.472 e. The molecule has 0 aliphatic carbocycles. The first kappa shape index (κ1) is 101. The largest absolute Gasteiger partial charge is 0.472 e. The van der Waals surface area contributed by atoms with Crippen molar-refractivity contribution in [3.05, 3.63) is 0 Å². The molecule has 0 bridgehead atoms. The summed E-state index contributed by atoms with van der Waals surface area (Å²) in [5.41, 5.74) is 0. The molecule has 3 N–H and O–H groups in total. The van der Waals surface area contributed by atoms with Crippen molar-refractivity contribution in [3.63, 3.8) is 0 Å². The number of aliphatic hydroxyl groups excluding tert-OH is 1. The average Bonchev–Trinajstić information content (AvgIpc) is 0.916. The molecule has 0 aromatic heterocycles. The molecule has 0 aliphatic rings. The molecule has 0 amide bonds. The van der Waals surface area contributed by atoms with Gasteiger partial charge in [0.2, 0.25) is 0 Å². The fraction of sp³-hybridized carbons (Fsp3) is 0.952. The van der Waals surface area contributed by atoms with Crippen molar-refractivity contribution < 1.29 is 80.2 Å². The normalized spacial score (nSPS) is 14.1. The van der Waals surface area contributed by atoms with Gasteiger partial charge in [-0.2, -0.15) is 0 Å². The highest BCUT2D eigenvalue weighted by atomic mass is 31.2. The van der Waals surface area contributed by atoms with Crippen LogP contribution in [0.1, 0.15) is 452 Å². The van der Waals surface area contributed by atoms with Crippen LogP contribution in [0.4, 0.5) is 0 Å². The van der Waals surface area contributed by atoms with Crippen LogP contribution >= 0.6 is 15.6 Å². The Hall–Kier alpha value is -1.94. The van der Waals surface area contributed by atoms with E-state index in [1.165, 1.54) is 276 Å². The van der Waals surface area contributed by atoms with Crippen LogP contribution in [0.3, 0.4) is 0 Å². The highest BCUT2D eigenvalue weighted by Crippen LogP contribution is 2.45. The van der Waals surface area contributed by atoms with Gasteiger partial charge in [-0.05, 0) is 31.6 Å². The minimum Gasteiger partial charge on any atom is -0.462 e. The zero-order chi connectivity index (χ0) is 75.5. The Kier molecular flexibility index (Phi) is 75.4. The Labute approximate surface area is 632 Å². The van der Waals surface area contributed by atoms with Gasteiger partial charge >= 0.3 is 39.5 Å². The second-order valence-electron chi connectivity index (χ2n) is 30.5. The van der Waals surface area contributed by atoms with Crippen molar-refractivity contribution in [3.8, 4) is 0 Å². The Morgan fingerprint density at radius 3 is 0.689 bits per heavy atom. The first-order valence-corrected chi connectivity index (χ1v) is 46.7. The second kappa shape index (κ2) is 76.8. The Bertz CT molecular complexity index is 1960. The monoisotopic (exact) mass is 1510 g/mol. The molecule has 19 heteroatoms. The van der Waals surface area contributed by atoms with Gasteiger partial charge < -0.3 is 33.8 Å². The van der Waals surface area contributed by atoms with Gasteiger partial charge in [-0.3, -0.25) is 37.3 Å². The summed E-state index contributed by atoms with van der Waals surface area (Å²) in [6.45, 7) is 7.37. The molecule has 0 saturated carbocycles. The van der Waals surface area contributed by atoms with E-state index < -0.39 is 97.5 Å².